The summed E-state index contributed by atoms with van der Waals surface area (Å²) in [6.07, 6.45) is 4.41. The van der Waals surface area contributed by atoms with Crippen LogP contribution in [0.2, 0.25) is 0 Å². The van der Waals surface area contributed by atoms with Crippen molar-refractivity contribution in [1.29, 1.82) is 0 Å². The first-order chi connectivity index (χ1) is 10.1. The normalized spacial score (nSPS) is 10.8. The van der Waals surface area contributed by atoms with Crippen LogP contribution in [0.4, 0.5) is 5.82 Å². The first kappa shape index (κ1) is 14.8. The zero-order chi connectivity index (χ0) is 15.2. The van der Waals surface area contributed by atoms with Crippen LogP contribution < -0.4 is 4.90 Å². The van der Waals surface area contributed by atoms with Gasteiger partial charge in [-0.25, -0.2) is 9.78 Å². The Kier molecular flexibility index (Phi) is 4.72. The van der Waals surface area contributed by atoms with Crippen molar-refractivity contribution in [3.8, 4) is 0 Å². The SMILES string of the molecule is Cc1ccccc1CN(C)c1ncccc1/C=C/C(=O)O. The molecule has 21 heavy (non-hydrogen) atoms. The Bertz CT molecular complexity index is 665. The van der Waals surface area contributed by atoms with Crippen LogP contribution in [-0.2, 0) is 11.3 Å². The van der Waals surface area contributed by atoms with E-state index in [9.17, 15) is 4.79 Å². The minimum Gasteiger partial charge on any atom is -0.478 e. The molecular weight excluding hydrogens is 264 g/mol. The Morgan fingerprint density at radius 3 is 2.76 bits per heavy atom. The van der Waals surface area contributed by atoms with Crippen molar-refractivity contribution < 1.29 is 9.90 Å². The molecule has 2 aromatic rings. The number of anilines is 1. The second kappa shape index (κ2) is 6.70. The van der Waals surface area contributed by atoms with Gasteiger partial charge in [0, 0.05) is 31.4 Å². The number of aromatic nitrogens is 1. The summed E-state index contributed by atoms with van der Waals surface area (Å²) in [6, 6.07) is 11.8. The van der Waals surface area contributed by atoms with Crippen LogP contribution in [0, 0.1) is 6.92 Å². The molecule has 1 aromatic carbocycles. The number of benzene rings is 1. The van der Waals surface area contributed by atoms with Crippen LogP contribution in [0.25, 0.3) is 6.08 Å². The number of aryl methyl sites for hydroxylation is 1. The van der Waals surface area contributed by atoms with E-state index in [4.69, 9.17) is 5.11 Å². The topological polar surface area (TPSA) is 53.4 Å². The smallest absolute Gasteiger partial charge is 0.328 e. The number of hydrogen-bond donors (Lipinski definition) is 1. The second-order valence-corrected chi connectivity index (χ2v) is 4.87. The molecule has 0 unspecified atom stereocenters. The molecule has 0 aliphatic rings. The summed E-state index contributed by atoms with van der Waals surface area (Å²) in [6.45, 7) is 2.80. The molecule has 0 atom stereocenters. The van der Waals surface area contributed by atoms with Gasteiger partial charge in [0.15, 0.2) is 0 Å². The van der Waals surface area contributed by atoms with Gasteiger partial charge in [-0.2, -0.15) is 0 Å². The third kappa shape index (κ3) is 3.92. The van der Waals surface area contributed by atoms with Gasteiger partial charge in [-0.1, -0.05) is 24.3 Å². The van der Waals surface area contributed by atoms with E-state index in [0.717, 1.165) is 24.0 Å². The lowest BCUT2D eigenvalue weighted by atomic mass is 10.1. The van der Waals surface area contributed by atoms with Crippen LogP contribution in [0.1, 0.15) is 16.7 Å². The molecule has 2 rings (SSSR count). The minimum absolute atomic E-state index is 0.720. The van der Waals surface area contributed by atoms with E-state index in [1.165, 1.54) is 11.1 Å². The predicted octanol–water partition coefficient (Wildman–Crippen LogP) is 3.12. The third-order valence-electron chi connectivity index (χ3n) is 3.25. The Morgan fingerprint density at radius 1 is 1.29 bits per heavy atom. The van der Waals surface area contributed by atoms with Crippen molar-refractivity contribution in [3.63, 3.8) is 0 Å². The van der Waals surface area contributed by atoms with Gasteiger partial charge in [0.2, 0.25) is 0 Å². The molecule has 0 spiro atoms. The molecule has 108 valence electrons. The number of carboxylic acid groups (broad SMARTS) is 1. The summed E-state index contributed by atoms with van der Waals surface area (Å²) in [5.41, 5.74) is 3.23. The zero-order valence-corrected chi connectivity index (χ0v) is 12.2. The van der Waals surface area contributed by atoms with Gasteiger partial charge in [-0.3, -0.25) is 0 Å². The number of aliphatic carboxylic acids is 1. The molecular formula is C17H18N2O2. The van der Waals surface area contributed by atoms with Gasteiger partial charge >= 0.3 is 5.97 Å². The van der Waals surface area contributed by atoms with Crippen molar-refractivity contribution in [2.75, 3.05) is 11.9 Å². The molecule has 0 fully saturated rings. The lowest BCUT2D eigenvalue weighted by Crippen LogP contribution is -2.19. The Balaban J connectivity index is 2.25. The van der Waals surface area contributed by atoms with Crippen LogP contribution in [0.15, 0.2) is 48.7 Å². The molecule has 0 amide bonds. The Labute approximate surface area is 124 Å². The van der Waals surface area contributed by atoms with Gasteiger partial charge < -0.3 is 10.0 Å². The minimum atomic E-state index is -0.966. The molecule has 1 aromatic heterocycles. The van der Waals surface area contributed by atoms with Crippen molar-refractivity contribution >= 4 is 17.9 Å². The molecule has 0 aliphatic heterocycles. The highest BCUT2D eigenvalue weighted by Crippen LogP contribution is 2.20. The summed E-state index contributed by atoms with van der Waals surface area (Å²) in [7, 11) is 1.95. The van der Waals surface area contributed by atoms with Crippen LogP contribution >= 0.6 is 0 Å². The molecule has 1 heterocycles. The van der Waals surface area contributed by atoms with E-state index in [1.54, 1.807) is 18.3 Å². The number of hydrogen-bond acceptors (Lipinski definition) is 3. The maximum absolute atomic E-state index is 10.7. The zero-order valence-electron chi connectivity index (χ0n) is 12.2. The van der Waals surface area contributed by atoms with Crippen LogP contribution in [0.5, 0.6) is 0 Å². The second-order valence-electron chi connectivity index (χ2n) is 4.87. The van der Waals surface area contributed by atoms with Gasteiger partial charge in [0.05, 0.1) is 0 Å². The van der Waals surface area contributed by atoms with Gasteiger partial charge in [-0.15, -0.1) is 0 Å². The molecule has 0 radical (unpaired) electrons. The first-order valence-electron chi connectivity index (χ1n) is 6.69. The van der Waals surface area contributed by atoms with E-state index < -0.39 is 5.97 Å². The van der Waals surface area contributed by atoms with E-state index in [0.29, 0.717) is 0 Å². The monoisotopic (exact) mass is 282 g/mol. The largest absolute Gasteiger partial charge is 0.478 e. The predicted molar refractivity (Wildman–Crippen MR) is 84.2 cm³/mol. The Hall–Kier alpha value is -2.62. The van der Waals surface area contributed by atoms with Crippen LogP contribution in [-0.4, -0.2) is 23.1 Å². The van der Waals surface area contributed by atoms with E-state index in [2.05, 4.69) is 24.0 Å². The maximum Gasteiger partial charge on any atom is 0.328 e. The highest BCUT2D eigenvalue weighted by atomic mass is 16.4. The first-order valence-corrected chi connectivity index (χ1v) is 6.69. The lowest BCUT2D eigenvalue weighted by Gasteiger charge is -2.21. The molecule has 4 heteroatoms. The van der Waals surface area contributed by atoms with Crippen molar-refractivity contribution in [2.45, 2.75) is 13.5 Å². The Morgan fingerprint density at radius 2 is 2.05 bits per heavy atom. The highest BCUT2D eigenvalue weighted by Gasteiger charge is 2.08. The number of rotatable bonds is 5. The number of nitrogens with zero attached hydrogens (tertiary/aromatic N) is 2. The number of carboxylic acids is 1. The fourth-order valence-corrected chi connectivity index (χ4v) is 2.14. The highest BCUT2D eigenvalue weighted by molar-refractivity contribution is 5.86. The van der Waals surface area contributed by atoms with Gasteiger partial charge in [0.25, 0.3) is 0 Å². The van der Waals surface area contributed by atoms with Crippen molar-refractivity contribution in [3.05, 3.63) is 65.4 Å². The lowest BCUT2D eigenvalue weighted by molar-refractivity contribution is -0.131. The summed E-state index contributed by atoms with van der Waals surface area (Å²) >= 11 is 0. The molecule has 0 aliphatic carbocycles. The van der Waals surface area contributed by atoms with E-state index in [1.807, 2.05) is 30.1 Å². The van der Waals surface area contributed by atoms with E-state index >= 15 is 0 Å². The van der Waals surface area contributed by atoms with Crippen LogP contribution in [0.3, 0.4) is 0 Å². The molecule has 0 bridgehead atoms. The van der Waals surface area contributed by atoms with E-state index in [-0.39, 0.29) is 0 Å². The van der Waals surface area contributed by atoms with Crippen molar-refractivity contribution in [2.24, 2.45) is 0 Å². The van der Waals surface area contributed by atoms with Crippen molar-refractivity contribution in [1.82, 2.24) is 4.98 Å². The average molecular weight is 282 g/mol. The summed E-state index contributed by atoms with van der Waals surface area (Å²) in [5.74, 6) is -0.204. The fourth-order valence-electron chi connectivity index (χ4n) is 2.14. The fraction of sp³-hybridized carbons (Fsp3) is 0.176. The standard InChI is InChI=1S/C17H18N2O2/c1-13-6-3-4-7-15(13)12-19(2)17-14(8-5-11-18-17)9-10-16(20)21/h3-11H,12H2,1-2H3,(H,20,21)/b10-9+. The third-order valence-corrected chi connectivity index (χ3v) is 3.25. The summed E-state index contributed by atoms with van der Waals surface area (Å²) in [5, 5.41) is 8.76. The quantitative estimate of drug-likeness (QED) is 0.856. The molecule has 0 saturated heterocycles. The number of pyridine rings is 1. The number of carbonyl (C=O) groups is 1. The summed E-state index contributed by atoms with van der Waals surface area (Å²) < 4.78 is 0. The van der Waals surface area contributed by atoms with Gasteiger partial charge in [0.1, 0.15) is 5.82 Å². The average Bonchev–Trinajstić information content (AvgIpc) is 2.47. The summed E-state index contributed by atoms with van der Waals surface area (Å²) in [4.78, 5) is 17.1. The molecule has 0 saturated carbocycles. The maximum atomic E-state index is 10.7. The molecule has 1 N–H and O–H groups in total. The molecule has 4 nitrogen and oxygen atoms in total. The van der Waals surface area contributed by atoms with Gasteiger partial charge in [-0.05, 0) is 36.3 Å².